The van der Waals surface area contributed by atoms with Gasteiger partial charge in [0.2, 0.25) is 5.91 Å². The SMILES string of the molecule is NC(=O)c1ccc(OCc2cc([N+](=O)[O-])cc3c2OCOC3)cc1. The van der Waals surface area contributed by atoms with Crippen molar-refractivity contribution in [2.24, 2.45) is 5.73 Å². The molecule has 0 saturated carbocycles. The highest BCUT2D eigenvalue weighted by atomic mass is 16.7. The van der Waals surface area contributed by atoms with Crippen molar-refractivity contribution >= 4 is 11.6 Å². The lowest BCUT2D eigenvalue weighted by molar-refractivity contribution is -0.385. The zero-order valence-electron chi connectivity index (χ0n) is 12.6. The van der Waals surface area contributed by atoms with Gasteiger partial charge in [-0.05, 0) is 24.3 Å². The van der Waals surface area contributed by atoms with E-state index in [1.807, 2.05) is 0 Å². The first kappa shape index (κ1) is 15.8. The van der Waals surface area contributed by atoms with Gasteiger partial charge >= 0.3 is 0 Å². The van der Waals surface area contributed by atoms with Gasteiger partial charge in [-0.15, -0.1) is 0 Å². The highest BCUT2D eigenvalue weighted by Gasteiger charge is 2.21. The Labute approximate surface area is 136 Å². The zero-order valence-corrected chi connectivity index (χ0v) is 12.6. The number of amides is 1. The molecule has 1 heterocycles. The Morgan fingerprint density at radius 2 is 2.04 bits per heavy atom. The Morgan fingerprint density at radius 3 is 2.71 bits per heavy atom. The monoisotopic (exact) mass is 330 g/mol. The number of nitrogens with zero attached hydrogens (tertiary/aromatic N) is 1. The average Bonchev–Trinajstić information content (AvgIpc) is 2.59. The van der Waals surface area contributed by atoms with Crippen molar-refractivity contribution < 1.29 is 23.9 Å². The average molecular weight is 330 g/mol. The summed E-state index contributed by atoms with van der Waals surface area (Å²) in [5, 5.41) is 11.1. The first-order valence-electron chi connectivity index (χ1n) is 7.08. The lowest BCUT2D eigenvalue weighted by atomic mass is 10.1. The molecule has 0 fully saturated rings. The molecular weight excluding hydrogens is 316 g/mol. The number of hydrogen-bond acceptors (Lipinski definition) is 6. The number of carbonyl (C=O) groups is 1. The van der Waals surface area contributed by atoms with Crippen LogP contribution in [0.15, 0.2) is 36.4 Å². The summed E-state index contributed by atoms with van der Waals surface area (Å²) in [6.45, 7) is 0.419. The van der Waals surface area contributed by atoms with Crippen LogP contribution in [0, 0.1) is 10.1 Å². The fraction of sp³-hybridized carbons (Fsp3) is 0.188. The Hall–Kier alpha value is -3.13. The minimum Gasteiger partial charge on any atom is -0.489 e. The molecule has 0 saturated heterocycles. The topological polar surface area (TPSA) is 114 Å². The molecule has 0 unspecified atom stereocenters. The molecule has 0 bridgehead atoms. The van der Waals surface area contributed by atoms with Crippen LogP contribution >= 0.6 is 0 Å². The van der Waals surface area contributed by atoms with Crippen LogP contribution in [-0.2, 0) is 18.0 Å². The van der Waals surface area contributed by atoms with Crippen LogP contribution in [-0.4, -0.2) is 17.6 Å². The van der Waals surface area contributed by atoms with E-state index >= 15 is 0 Å². The number of primary amides is 1. The second kappa shape index (κ2) is 6.55. The van der Waals surface area contributed by atoms with E-state index in [1.54, 1.807) is 24.3 Å². The van der Waals surface area contributed by atoms with E-state index in [4.69, 9.17) is 19.9 Å². The lowest BCUT2D eigenvalue weighted by Gasteiger charge is -2.20. The minimum atomic E-state index is -0.525. The molecule has 2 aromatic rings. The molecule has 1 aliphatic rings. The van der Waals surface area contributed by atoms with Gasteiger partial charge in [-0.3, -0.25) is 14.9 Å². The second-order valence-electron chi connectivity index (χ2n) is 5.14. The third kappa shape index (κ3) is 3.28. The maximum atomic E-state index is 11.1. The fourth-order valence-electron chi connectivity index (χ4n) is 2.37. The lowest BCUT2D eigenvalue weighted by Crippen LogP contribution is -2.14. The number of nitrogens with two attached hydrogens (primary N) is 1. The van der Waals surface area contributed by atoms with Crippen molar-refractivity contribution in [3.63, 3.8) is 0 Å². The molecule has 2 aromatic carbocycles. The molecule has 124 valence electrons. The number of benzene rings is 2. The number of carbonyl (C=O) groups excluding carboxylic acids is 1. The van der Waals surface area contributed by atoms with E-state index in [-0.39, 0.29) is 25.7 Å². The first-order chi connectivity index (χ1) is 11.5. The molecule has 3 rings (SSSR count). The van der Waals surface area contributed by atoms with Crippen molar-refractivity contribution in [1.29, 1.82) is 0 Å². The smallest absolute Gasteiger partial charge is 0.270 e. The Morgan fingerprint density at radius 1 is 1.29 bits per heavy atom. The van der Waals surface area contributed by atoms with Crippen LogP contribution in [0.1, 0.15) is 21.5 Å². The Bertz CT molecular complexity index is 788. The van der Waals surface area contributed by atoms with Gasteiger partial charge in [-0.2, -0.15) is 0 Å². The Kier molecular flexibility index (Phi) is 4.30. The van der Waals surface area contributed by atoms with Crippen LogP contribution in [0.3, 0.4) is 0 Å². The predicted molar refractivity (Wildman–Crippen MR) is 82.7 cm³/mol. The van der Waals surface area contributed by atoms with Crippen LogP contribution in [0.5, 0.6) is 11.5 Å². The van der Waals surface area contributed by atoms with E-state index in [0.29, 0.717) is 28.2 Å². The van der Waals surface area contributed by atoms with E-state index in [0.717, 1.165) is 0 Å². The van der Waals surface area contributed by atoms with Gasteiger partial charge in [-0.1, -0.05) is 0 Å². The summed E-state index contributed by atoms with van der Waals surface area (Å²) in [4.78, 5) is 21.6. The minimum absolute atomic E-state index is 0.0504. The molecule has 1 aliphatic heterocycles. The van der Waals surface area contributed by atoms with Crippen LogP contribution in [0.2, 0.25) is 0 Å². The van der Waals surface area contributed by atoms with Gasteiger partial charge < -0.3 is 19.9 Å². The molecule has 0 atom stereocenters. The normalized spacial score (nSPS) is 12.8. The summed E-state index contributed by atoms with van der Waals surface area (Å²) in [7, 11) is 0. The molecule has 0 aromatic heterocycles. The number of ether oxygens (including phenoxy) is 3. The van der Waals surface area contributed by atoms with Gasteiger partial charge in [0.25, 0.3) is 5.69 Å². The highest BCUT2D eigenvalue weighted by Crippen LogP contribution is 2.33. The predicted octanol–water partition coefficient (Wildman–Crippen LogP) is 2.14. The van der Waals surface area contributed by atoms with E-state index < -0.39 is 10.8 Å². The summed E-state index contributed by atoms with van der Waals surface area (Å²) < 4.78 is 16.2. The summed E-state index contributed by atoms with van der Waals surface area (Å²) >= 11 is 0. The molecule has 24 heavy (non-hydrogen) atoms. The van der Waals surface area contributed by atoms with Crippen molar-refractivity contribution in [3.8, 4) is 11.5 Å². The van der Waals surface area contributed by atoms with Crippen LogP contribution < -0.4 is 15.2 Å². The summed E-state index contributed by atoms with van der Waals surface area (Å²) in [6, 6.07) is 9.15. The molecular formula is C16H14N2O6. The van der Waals surface area contributed by atoms with Gasteiger partial charge in [-0.25, -0.2) is 0 Å². The highest BCUT2D eigenvalue weighted by molar-refractivity contribution is 5.92. The quantitative estimate of drug-likeness (QED) is 0.663. The number of nitro benzene ring substituents is 1. The van der Waals surface area contributed by atoms with E-state index in [1.165, 1.54) is 12.1 Å². The van der Waals surface area contributed by atoms with Crippen molar-refractivity contribution in [1.82, 2.24) is 0 Å². The summed E-state index contributed by atoms with van der Waals surface area (Å²) in [5.74, 6) is 0.524. The largest absolute Gasteiger partial charge is 0.489 e. The standard InChI is InChI=1S/C16H14N2O6/c17-16(19)10-1-3-14(4-2-10)23-8-12-6-13(18(20)21)5-11-7-22-9-24-15(11)12/h1-6H,7-9H2,(H2,17,19). The third-order valence-corrected chi connectivity index (χ3v) is 3.52. The second-order valence-corrected chi connectivity index (χ2v) is 5.14. The fourth-order valence-corrected chi connectivity index (χ4v) is 2.37. The summed E-state index contributed by atoms with van der Waals surface area (Å²) in [5.41, 5.74) is 6.66. The number of rotatable bonds is 5. The third-order valence-electron chi connectivity index (χ3n) is 3.52. The maximum absolute atomic E-state index is 11.1. The van der Waals surface area contributed by atoms with Crippen molar-refractivity contribution in [2.75, 3.05) is 6.79 Å². The molecule has 8 heteroatoms. The van der Waals surface area contributed by atoms with Crippen molar-refractivity contribution in [2.45, 2.75) is 13.2 Å². The van der Waals surface area contributed by atoms with Crippen molar-refractivity contribution in [3.05, 3.63) is 63.2 Å². The molecule has 0 radical (unpaired) electrons. The number of nitro groups is 1. The summed E-state index contributed by atoms with van der Waals surface area (Å²) in [6.07, 6.45) is 0. The van der Waals surface area contributed by atoms with Gasteiger partial charge in [0.15, 0.2) is 6.79 Å². The number of hydrogen-bond donors (Lipinski definition) is 1. The van der Waals surface area contributed by atoms with Gasteiger partial charge in [0, 0.05) is 28.8 Å². The number of fused-ring (bicyclic) bond motifs is 1. The van der Waals surface area contributed by atoms with E-state index in [9.17, 15) is 14.9 Å². The molecule has 0 spiro atoms. The molecule has 0 aliphatic carbocycles. The van der Waals surface area contributed by atoms with E-state index in [2.05, 4.69) is 0 Å². The first-order valence-corrected chi connectivity index (χ1v) is 7.08. The van der Waals surface area contributed by atoms with Gasteiger partial charge in [0.1, 0.15) is 18.1 Å². The molecule has 1 amide bonds. The zero-order chi connectivity index (χ0) is 17.1. The molecule has 2 N–H and O–H groups in total. The molecule has 8 nitrogen and oxygen atoms in total. The van der Waals surface area contributed by atoms with Crippen LogP contribution in [0.25, 0.3) is 0 Å². The van der Waals surface area contributed by atoms with Crippen LogP contribution in [0.4, 0.5) is 5.69 Å². The van der Waals surface area contributed by atoms with Gasteiger partial charge in [0.05, 0.1) is 11.5 Å². The Balaban J connectivity index is 1.82. The number of non-ortho nitro benzene ring substituents is 1. The maximum Gasteiger partial charge on any atom is 0.270 e.